The highest BCUT2D eigenvalue weighted by Gasteiger charge is 2.39. The maximum absolute atomic E-state index is 13.0. The topological polar surface area (TPSA) is 51.1 Å². The lowest BCUT2D eigenvalue weighted by Crippen LogP contribution is -2.36. The van der Waals surface area contributed by atoms with Crippen molar-refractivity contribution in [3.63, 3.8) is 0 Å². The maximum Gasteiger partial charge on any atom is 0.241 e. The number of aromatic nitrogens is 1. The molecule has 0 saturated heterocycles. The number of aryl methyl sites for hydroxylation is 1. The van der Waals surface area contributed by atoms with Gasteiger partial charge in [0.25, 0.3) is 0 Å². The molecule has 0 radical (unpaired) electrons. The number of hydrogen-bond donors (Lipinski definition) is 1. The zero-order valence-corrected chi connectivity index (χ0v) is 19.4. The van der Waals surface area contributed by atoms with E-state index in [0.29, 0.717) is 10.6 Å². The number of halogens is 4. The first-order chi connectivity index (χ1) is 13.6. The molecule has 0 fully saturated rings. The fourth-order valence-electron chi connectivity index (χ4n) is 3.16. The van der Waals surface area contributed by atoms with E-state index in [1.807, 2.05) is 30.5 Å². The molecule has 1 aromatic heterocycles. The molecule has 0 spiro atoms. The maximum atomic E-state index is 13.0. The van der Waals surface area contributed by atoms with Crippen molar-refractivity contribution in [1.82, 2.24) is 9.29 Å². The summed E-state index contributed by atoms with van der Waals surface area (Å²) in [6, 6.07) is 12.4. The van der Waals surface area contributed by atoms with Gasteiger partial charge in [-0.15, -0.1) is 0 Å². The van der Waals surface area contributed by atoms with Crippen LogP contribution in [-0.2, 0) is 16.6 Å². The minimum Gasteiger partial charge on any atom is -0.347 e. The van der Waals surface area contributed by atoms with Crippen molar-refractivity contribution >= 4 is 67.3 Å². The van der Waals surface area contributed by atoms with Gasteiger partial charge in [0, 0.05) is 28.7 Å². The Morgan fingerprint density at radius 2 is 1.72 bits per heavy atom. The summed E-state index contributed by atoms with van der Waals surface area (Å²) >= 11 is 24.6. The van der Waals surface area contributed by atoms with E-state index in [2.05, 4.69) is 16.2 Å². The SMILES string of the molecule is CCCCn1cc(C(NS(=O)(=O)c2ccc(Cl)cc2)C(Cl)(Cl)Cl)c2ccccc21. The highest BCUT2D eigenvalue weighted by molar-refractivity contribution is 7.89. The molecule has 0 aliphatic carbocycles. The fraction of sp³-hybridized carbons (Fsp3) is 0.300. The molecular formula is C20H20Cl4N2O2S. The van der Waals surface area contributed by atoms with E-state index in [1.54, 1.807) is 0 Å². The molecule has 0 saturated carbocycles. The molecule has 3 aromatic rings. The van der Waals surface area contributed by atoms with Gasteiger partial charge in [-0.05, 0) is 42.3 Å². The van der Waals surface area contributed by atoms with Gasteiger partial charge < -0.3 is 4.57 Å². The summed E-state index contributed by atoms with van der Waals surface area (Å²) in [6.45, 7) is 2.89. The lowest BCUT2D eigenvalue weighted by atomic mass is 10.1. The summed E-state index contributed by atoms with van der Waals surface area (Å²) in [4.78, 5) is 0.0378. The molecule has 0 bridgehead atoms. The number of fused-ring (bicyclic) bond motifs is 1. The summed E-state index contributed by atoms with van der Waals surface area (Å²) in [5.74, 6) is 0. The number of sulfonamides is 1. The second-order valence-corrected chi connectivity index (χ2v) is 11.2. The molecule has 9 heteroatoms. The number of para-hydroxylation sites is 1. The van der Waals surface area contributed by atoms with Crippen LogP contribution in [0.5, 0.6) is 0 Å². The fourth-order valence-corrected chi connectivity index (χ4v) is 5.24. The third-order valence-electron chi connectivity index (χ3n) is 4.61. The molecular weight excluding hydrogens is 474 g/mol. The average molecular weight is 494 g/mol. The van der Waals surface area contributed by atoms with Crippen LogP contribution < -0.4 is 4.72 Å². The van der Waals surface area contributed by atoms with Gasteiger partial charge in [-0.1, -0.05) is 77.9 Å². The molecule has 0 amide bonds. The van der Waals surface area contributed by atoms with Crippen LogP contribution in [-0.4, -0.2) is 16.8 Å². The van der Waals surface area contributed by atoms with Gasteiger partial charge in [-0.2, -0.15) is 4.72 Å². The monoisotopic (exact) mass is 492 g/mol. The lowest BCUT2D eigenvalue weighted by Gasteiger charge is -2.25. The van der Waals surface area contributed by atoms with Gasteiger partial charge in [-0.3, -0.25) is 0 Å². The van der Waals surface area contributed by atoms with Crippen LogP contribution in [0.4, 0.5) is 0 Å². The van der Waals surface area contributed by atoms with E-state index >= 15 is 0 Å². The van der Waals surface area contributed by atoms with Gasteiger partial charge in [0.2, 0.25) is 13.8 Å². The Kier molecular flexibility index (Phi) is 7.09. The lowest BCUT2D eigenvalue weighted by molar-refractivity contribution is 0.558. The second kappa shape index (κ2) is 9.04. The van der Waals surface area contributed by atoms with Gasteiger partial charge in [0.15, 0.2) is 0 Å². The van der Waals surface area contributed by atoms with Crippen LogP contribution in [0, 0.1) is 0 Å². The molecule has 3 rings (SSSR count). The molecule has 156 valence electrons. The molecule has 4 nitrogen and oxygen atoms in total. The largest absolute Gasteiger partial charge is 0.347 e. The highest BCUT2D eigenvalue weighted by Crippen LogP contribution is 2.43. The van der Waals surface area contributed by atoms with Crippen LogP contribution in [0.3, 0.4) is 0 Å². The zero-order valence-electron chi connectivity index (χ0n) is 15.6. The Bertz CT molecular complexity index is 1090. The summed E-state index contributed by atoms with van der Waals surface area (Å²) in [5.41, 5.74) is 1.56. The molecule has 1 unspecified atom stereocenters. The Hall–Kier alpha value is -0.950. The average Bonchev–Trinajstić information content (AvgIpc) is 3.02. The molecule has 29 heavy (non-hydrogen) atoms. The second-order valence-electron chi connectivity index (χ2n) is 6.70. The molecule has 1 N–H and O–H groups in total. The highest BCUT2D eigenvalue weighted by atomic mass is 35.6. The smallest absolute Gasteiger partial charge is 0.241 e. The minimum absolute atomic E-state index is 0.0378. The van der Waals surface area contributed by atoms with Crippen LogP contribution >= 0.6 is 46.4 Å². The minimum atomic E-state index is -3.96. The van der Waals surface area contributed by atoms with Gasteiger partial charge in [0.05, 0.1) is 10.9 Å². The van der Waals surface area contributed by atoms with E-state index in [9.17, 15) is 8.42 Å². The van der Waals surface area contributed by atoms with E-state index in [0.717, 1.165) is 30.3 Å². The van der Waals surface area contributed by atoms with Crippen LogP contribution in [0.1, 0.15) is 31.4 Å². The van der Waals surface area contributed by atoms with Crippen LogP contribution in [0.25, 0.3) is 10.9 Å². The van der Waals surface area contributed by atoms with E-state index in [-0.39, 0.29) is 4.90 Å². The number of unbranched alkanes of at least 4 members (excludes halogenated alkanes) is 1. The normalized spacial score (nSPS) is 13.7. The van der Waals surface area contributed by atoms with Crippen molar-refractivity contribution in [2.45, 2.75) is 41.0 Å². The van der Waals surface area contributed by atoms with Crippen LogP contribution in [0.15, 0.2) is 59.6 Å². The summed E-state index contributed by atoms with van der Waals surface area (Å²) in [5, 5.41) is 1.26. The first kappa shape index (κ1) is 22.7. The first-order valence-electron chi connectivity index (χ1n) is 9.06. The Labute approximate surface area is 190 Å². The van der Waals surface area contributed by atoms with E-state index < -0.39 is 19.9 Å². The molecule has 0 aliphatic heterocycles. The molecule has 0 aliphatic rings. The number of hydrogen-bond acceptors (Lipinski definition) is 2. The quantitative estimate of drug-likeness (QED) is 0.382. The van der Waals surface area contributed by atoms with Gasteiger partial charge in [0.1, 0.15) is 0 Å². The standard InChI is InChI=1S/C20H20Cl4N2O2S/c1-2-3-12-26-13-17(16-6-4-5-7-18(16)26)19(20(22,23)24)25-29(27,28)15-10-8-14(21)9-11-15/h4-11,13,19,25H,2-3,12H2,1H3. The summed E-state index contributed by atoms with van der Waals surface area (Å²) < 4.78 is 28.6. The van der Waals surface area contributed by atoms with Crippen molar-refractivity contribution in [3.05, 3.63) is 65.3 Å². The molecule has 2 aromatic carbocycles. The van der Waals surface area contributed by atoms with E-state index in [1.165, 1.54) is 24.3 Å². The summed E-state index contributed by atoms with van der Waals surface area (Å²) in [6.07, 6.45) is 3.86. The number of benzene rings is 2. The Morgan fingerprint density at radius 3 is 2.34 bits per heavy atom. The third kappa shape index (κ3) is 5.22. The van der Waals surface area contributed by atoms with Crippen molar-refractivity contribution < 1.29 is 8.42 Å². The van der Waals surface area contributed by atoms with Crippen molar-refractivity contribution in [1.29, 1.82) is 0 Å². The van der Waals surface area contributed by atoms with Crippen molar-refractivity contribution in [2.24, 2.45) is 0 Å². The number of alkyl halides is 3. The Morgan fingerprint density at radius 1 is 1.07 bits per heavy atom. The molecule has 1 heterocycles. The van der Waals surface area contributed by atoms with Gasteiger partial charge in [-0.25, -0.2) is 8.42 Å². The van der Waals surface area contributed by atoms with E-state index in [4.69, 9.17) is 46.4 Å². The Balaban J connectivity index is 2.07. The van der Waals surface area contributed by atoms with Crippen molar-refractivity contribution in [2.75, 3.05) is 0 Å². The number of rotatable bonds is 7. The third-order valence-corrected chi connectivity index (χ3v) is 6.95. The zero-order chi connectivity index (χ0) is 21.2. The van der Waals surface area contributed by atoms with Crippen molar-refractivity contribution in [3.8, 4) is 0 Å². The molecule has 1 atom stereocenters. The van der Waals surface area contributed by atoms with Crippen LogP contribution in [0.2, 0.25) is 5.02 Å². The van der Waals surface area contributed by atoms with Gasteiger partial charge >= 0.3 is 0 Å². The first-order valence-corrected chi connectivity index (χ1v) is 12.1. The predicted molar refractivity (Wildman–Crippen MR) is 122 cm³/mol. The summed E-state index contributed by atoms with van der Waals surface area (Å²) in [7, 11) is -3.96. The number of nitrogens with zero attached hydrogens (tertiary/aromatic N) is 1. The predicted octanol–water partition coefficient (Wildman–Crippen LogP) is 6.48. The number of nitrogens with one attached hydrogen (secondary N) is 1.